The Hall–Kier alpha value is -4.97. The van der Waals surface area contributed by atoms with Crippen molar-refractivity contribution in [2.75, 3.05) is 24.2 Å². The number of pyridine rings is 1. The maximum absolute atomic E-state index is 10.2. The van der Waals surface area contributed by atoms with Gasteiger partial charge >= 0.3 is 0 Å². The molecule has 12 nitrogen and oxygen atoms in total. The number of nitrogens with two attached hydrogens (primary N) is 1. The predicted octanol–water partition coefficient (Wildman–Crippen LogP) is 2.81. The van der Waals surface area contributed by atoms with E-state index >= 15 is 0 Å². The van der Waals surface area contributed by atoms with Crippen molar-refractivity contribution in [3.05, 3.63) is 95.2 Å². The number of nitrogens with one attached hydrogen (secondary N) is 2. The average molecular weight is 526 g/mol. The minimum absolute atomic E-state index is 0.0211. The minimum Gasteiger partial charge on any atom is -0.395 e. The van der Waals surface area contributed by atoms with Crippen molar-refractivity contribution in [1.29, 1.82) is 0 Å². The third-order valence-corrected chi connectivity index (χ3v) is 6.47. The van der Waals surface area contributed by atoms with E-state index in [1.165, 1.54) is 6.07 Å². The molecule has 39 heavy (non-hydrogen) atoms. The summed E-state index contributed by atoms with van der Waals surface area (Å²) < 4.78 is 5.53. The highest BCUT2D eigenvalue weighted by atomic mass is 16.5. The lowest BCUT2D eigenvalue weighted by molar-refractivity contribution is 0.273. The van der Waals surface area contributed by atoms with Crippen LogP contribution in [0, 0.1) is 0 Å². The summed E-state index contributed by atoms with van der Waals surface area (Å²) >= 11 is 0. The Balaban J connectivity index is 0.000000384. The van der Waals surface area contributed by atoms with Crippen molar-refractivity contribution in [2.24, 2.45) is 0 Å². The second-order valence-electron chi connectivity index (χ2n) is 8.93. The standard InChI is InChI=1S/C22H22N8O2.C5H5NO/c23-21-27-10-15(11-28-21)14-2-4-16(5-3-14)22(6-1-7-22)20-29-19(32-30-20)17-12-26-18(13-25-17)24-8-9-31;7-5-3-1-2-4-6-5/h2-5,10-13,31H,1,6-9H2,(H,24,26)(H2,23,27,28);1-4H,(H,6,7). The second-order valence-corrected chi connectivity index (χ2v) is 8.93. The molecule has 0 unspecified atom stereocenters. The highest BCUT2D eigenvalue weighted by Crippen LogP contribution is 2.48. The van der Waals surface area contributed by atoms with Gasteiger partial charge in [0.1, 0.15) is 11.5 Å². The molecular formula is C27H27N9O3. The molecule has 0 bridgehead atoms. The van der Waals surface area contributed by atoms with Crippen LogP contribution < -0.4 is 16.6 Å². The number of H-pyrrole nitrogens is 1. The molecule has 1 saturated carbocycles. The number of aromatic amines is 1. The largest absolute Gasteiger partial charge is 0.395 e. The van der Waals surface area contributed by atoms with Crippen LogP contribution in [0.15, 0.2) is 82.8 Å². The quantitative estimate of drug-likeness (QED) is 0.245. The maximum atomic E-state index is 10.2. The molecule has 5 N–H and O–H groups in total. The second kappa shape index (κ2) is 11.6. The number of rotatable bonds is 7. The molecule has 0 saturated heterocycles. The van der Waals surface area contributed by atoms with E-state index in [9.17, 15) is 4.79 Å². The topological polar surface area (TPSA) is 182 Å². The van der Waals surface area contributed by atoms with E-state index < -0.39 is 0 Å². The Kier molecular flexibility index (Phi) is 7.64. The van der Waals surface area contributed by atoms with Crippen molar-refractivity contribution in [3.63, 3.8) is 0 Å². The molecule has 6 rings (SSSR count). The first-order valence-corrected chi connectivity index (χ1v) is 12.4. The van der Waals surface area contributed by atoms with Gasteiger partial charge in [0.15, 0.2) is 5.82 Å². The highest BCUT2D eigenvalue weighted by molar-refractivity contribution is 5.63. The molecule has 1 aliphatic rings. The average Bonchev–Trinajstić information content (AvgIpc) is 3.44. The van der Waals surface area contributed by atoms with Crippen molar-refractivity contribution in [2.45, 2.75) is 24.7 Å². The first kappa shape index (κ1) is 25.7. The lowest BCUT2D eigenvalue weighted by Gasteiger charge is -2.39. The zero-order valence-corrected chi connectivity index (χ0v) is 21.0. The lowest BCUT2D eigenvalue weighted by atomic mass is 9.64. The molecule has 0 atom stereocenters. The predicted molar refractivity (Wildman–Crippen MR) is 144 cm³/mol. The molecule has 4 aromatic heterocycles. The van der Waals surface area contributed by atoms with Gasteiger partial charge in [-0.05, 0) is 30.0 Å². The van der Waals surface area contributed by atoms with Crippen LogP contribution in [0.2, 0.25) is 0 Å². The minimum atomic E-state index is -0.270. The van der Waals surface area contributed by atoms with Gasteiger partial charge in [-0.3, -0.25) is 4.79 Å². The molecule has 1 fully saturated rings. The fourth-order valence-electron chi connectivity index (χ4n) is 4.25. The Morgan fingerprint density at radius 1 is 0.974 bits per heavy atom. The summed E-state index contributed by atoms with van der Waals surface area (Å²) in [5.74, 6) is 1.83. The number of benzene rings is 1. The van der Waals surface area contributed by atoms with Gasteiger partial charge in [-0.15, -0.1) is 0 Å². The van der Waals surface area contributed by atoms with Crippen molar-refractivity contribution in [3.8, 4) is 22.7 Å². The van der Waals surface area contributed by atoms with Gasteiger partial charge in [0, 0.05) is 36.8 Å². The Morgan fingerprint density at radius 2 is 1.77 bits per heavy atom. The molecule has 198 valence electrons. The van der Waals surface area contributed by atoms with E-state index in [0.717, 1.165) is 36.0 Å². The first-order valence-electron chi connectivity index (χ1n) is 12.4. The number of aliphatic hydroxyl groups excluding tert-OH is 1. The third kappa shape index (κ3) is 5.80. The third-order valence-electron chi connectivity index (χ3n) is 6.47. The van der Waals surface area contributed by atoms with Gasteiger partial charge in [0.25, 0.3) is 5.89 Å². The van der Waals surface area contributed by atoms with Crippen LogP contribution in [0.5, 0.6) is 0 Å². The number of anilines is 2. The number of hydrogen-bond donors (Lipinski definition) is 4. The van der Waals surface area contributed by atoms with Crippen LogP contribution in [-0.4, -0.2) is 53.3 Å². The molecule has 1 aliphatic carbocycles. The van der Waals surface area contributed by atoms with E-state index in [1.807, 2.05) is 0 Å². The van der Waals surface area contributed by atoms with E-state index in [4.69, 9.17) is 15.4 Å². The maximum Gasteiger partial charge on any atom is 0.278 e. The number of hydrogen-bond acceptors (Lipinski definition) is 11. The summed E-state index contributed by atoms with van der Waals surface area (Å²) in [6, 6.07) is 13.2. The zero-order chi connectivity index (χ0) is 27.1. The van der Waals surface area contributed by atoms with Crippen LogP contribution in [-0.2, 0) is 5.41 Å². The number of nitrogens with zero attached hydrogens (tertiary/aromatic N) is 6. The van der Waals surface area contributed by atoms with Crippen molar-refractivity contribution < 1.29 is 9.63 Å². The summed E-state index contributed by atoms with van der Waals surface area (Å²) in [5.41, 5.74) is 8.83. The number of aliphatic hydroxyl groups is 1. The Bertz CT molecular complexity index is 1530. The van der Waals surface area contributed by atoms with E-state index in [0.29, 0.717) is 29.8 Å². The van der Waals surface area contributed by atoms with Crippen LogP contribution in [0.25, 0.3) is 22.7 Å². The summed E-state index contributed by atoms with van der Waals surface area (Å²) in [5, 5.41) is 16.1. The van der Waals surface area contributed by atoms with Gasteiger partial charge in [0.2, 0.25) is 11.5 Å². The molecule has 5 aromatic rings. The monoisotopic (exact) mass is 525 g/mol. The lowest BCUT2D eigenvalue weighted by Crippen LogP contribution is -2.36. The summed E-state index contributed by atoms with van der Waals surface area (Å²) in [7, 11) is 0. The molecule has 0 radical (unpaired) electrons. The van der Waals surface area contributed by atoms with Crippen LogP contribution in [0.4, 0.5) is 11.8 Å². The van der Waals surface area contributed by atoms with Crippen molar-refractivity contribution >= 4 is 11.8 Å². The Labute approximate surface area is 223 Å². The van der Waals surface area contributed by atoms with Crippen LogP contribution in [0.3, 0.4) is 0 Å². The summed E-state index contributed by atoms with van der Waals surface area (Å²) in [6.07, 6.45) is 11.2. The molecular weight excluding hydrogens is 498 g/mol. The molecule has 0 spiro atoms. The van der Waals surface area contributed by atoms with Crippen LogP contribution >= 0.6 is 0 Å². The van der Waals surface area contributed by atoms with Gasteiger partial charge in [-0.2, -0.15) is 4.98 Å². The first-order chi connectivity index (χ1) is 19.1. The molecule has 0 aliphatic heterocycles. The van der Waals surface area contributed by atoms with Gasteiger partial charge < -0.3 is 25.7 Å². The summed E-state index contributed by atoms with van der Waals surface area (Å²) in [6.45, 7) is 0.429. The summed E-state index contributed by atoms with van der Waals surface area (Å²) in [4.78, 5) is 34.1. The fourth-order valence-corrected chi connectivity index (χ4v) is 4.25. The highest BCUT2D eigenvalue weighted by Gasteiger charge is 2.44. The van der Waals surface area contributed by atoms with E-state index in [-0.39, 0.29) is 23.5 Å². The van der Waals surface area contributed by atoms with E-state index in [1.54, 1.807) is 43.1 Å². The smallest absolute Gasteiger partial charge is 0.278 e. The Morgan fingerprint density at radius 3 is 2.33 bits per heavy atom. The zero-order valence-electron chi connectivity index (χ0n) is 21.0. The van der Waals surface area contributed by atoms with Crippen LogP contribution in [0.1, 0.15) is 30.7 Å². The molecule has 12 heteroatoms. The normalized spacial score (nSPS) is 13.6. The molecule has 0 amide bonds. The van der Waals surface area contributed by atoms with Crippen molar-refractivity contribution in [1.82, 2.24) is 35.1 Å². The SMILES string of the molecule is Nc1ncc(-c2ccc(C3(c4noc(-c5cnc(NCCO)cn5)n4)CCC3)cc2)cn1.O=c1cccc[nH]1. The molecule has 1 aromatic carbocycles. The van der Waals surface area contributed by atoms with Gasteiger partial charge in [-0.1, -0.05) is 41.9 Å². The number of nitrogen functional groups attached to an aromatic ring is 1. The van der Waals surface area contributed by atoms with E-state index in [2.05, 4.69) is 64.6 Å². The van der Waals surface area contributed by atoms with Gasteiger partial charge in [0.05, 0.1) is 24.4 Å². The fraction of sp³-hybridized carbons (Fsp3) is 0.222. The van der Waals surface area contributed by atoms with Gasteiger partial charge in [-0.25, -0.2) is 19.9 Å². The number of aromatic nitrogens is 7. The molecule has 4 heterocycles.